The second-order valence-electron chi connectivity index (χ2n) is 4.59. The van der Waals surface area contributed by atoms with E-state index in [1.165, 1.54) is 0 Å². The average Bonchev–Trinajstić information content (AvgIpc) is 2.87. The lowest BCUT2D eigenvalue weighted by molar-refractivity contribution is 0.794. The first-order valence-electron chi connectivity index (χ1n) is 6.22. The molecule has 0 saturated carbocycles. The van der Waals surface area contributed by atoms with E-state index in [0.717, 1.165) is 17.0 Å². The van der Waals surface area contributed by atoms with Crippen molar-refractivity contribution in [3.05, 3.63) is 48.0 Å². The van der Waals surface area contributed by atoms with Crippen LogP contribution in [0.25, 0.3) is 17.3 Å². The van der Waals surface area contributed by atoms with Crippen molar-refractivity contribution >= 4 is 5.69 Å². The molecule has 0 radical (unpaired) electrons. The van der Waals surface area contributed by atoms with Gasteiger partial charge in [0.2, 0.25) is 0 Å². The fraction of sp³-hybridized carbons (Fsp3) is 0.143. The molecule has 0 unspecified atom stereocenters. The van der Waals surface area contributed by atoms with Crippen molar-refractivity contribution in [2.45, 2.75) is 13.8 Å². The molecule has 3 rings (SSSR count). The van der Waals surface area contributed by atoms with Gasteiger partial charge in [-0.3, -0.25) is 0 Å². The first kappa shape index (κ1) is 12.3. The van der Waals surface area contributed by atoms with Crippen molar-refractivity contribution in [2.24, 2.45) is 0 Å². The molecule has 0 bridgehead atoms. The summed E-state index contributed by atoms with van der Waals surface area (Å²) in [5.74, 6) is 1.12. The Labute approximate surface area is 116 Å². The molecule has 0 saturated heterocycles. The molecule has 0 aliphatic heterocycles. The molecule has 20 heavy (non-hydrogen) atoms. The van der Waals surface area contributed by atoms with Gasteiger partial charge in [-0.25, -0.2) is 15.0 Å². The molecule has 2 heterocycles. The van der Waals surface area contributed by atoms with Gasteiger partial charge in [-0.05, 0) is 32.0 Å². The maximum Gasteiger partial charge on any atom is 0.252 e. The molecule has 3 aromatic rings. The molecule has 0 spiro atoms. The Hall–Kier alpha value is -2.76. The molecule has 0 aliphatic carbocycles. The molecule has 0 amide bonds. The number of hydrogen-bond acceptors (Lipinski definition) is 5. The molecule has 100 valence electrons. The molecule has 0 atom stereocenters. The second-order valence-corrected chi connectivity index (χ2v) is 4.59. The van der Waals surface area contributed by atoms with Crippen molar-refractivity contribution in [3.8, 4) is 17.3 Å². The van der Waals surface area contributed by atoms with Crippen LogP contribution in [0, 0.1) is 13.8 Å². The maximum absolute atomic E-state index is 5.77. The number of aromatic nitrogens is 5. The standard InChI is InChI=1S/C14H14N6/c1-9-6-10(2)18-14(17-9)20-8-16-13(19-20)11-4-3-5-12(15)7-11/h3-8H,15H2,1-2H3. The Morgan fingerprint density at radius 2 is 1.80 bits per heavy atom. The quantitative estimate of drug-likeness (QED) is 0.716. The largest absolute Gasteiger partial charge is 0.399 e. The van der Waals surface area contributed by atoms with Gasteiger partial charge < -0.3 is 5.73 Å². The van der Waals surface area contributed by atoms with Gasteiger partial charge in [-0.15, -0.1) is 5.10 Å². The minimum absolute atomic E-state index is 0.519. The molecule has 0 aliphatic rings. The third-order valence-corrected chi connectivity index (χ3v) is 2.81. The van der Waals surface area contributed by atoms with E-state index in [2.05, 4.69) is 20.1 Å². The Morgan fingerprint density at radius 1 is 1.05 bits per heavy atom. The summed E-state index contributed by atoms with van der Waals surface area (Å²) < 4.78 is 1.57. The zero-order valence-corrected chi connectivity index (χ0v) is 11.3. The molecular formula is C14H14N6. The molecule has 6 nitrogen and oxygen atoms in total. The molecule has 1 aromatic carbocycles. The summed E-state index contributed by atoms with van der Waals surface area (Å²) >= 11 is 0. The van der Waals surface area contributed by atoms with Crippen LogP contribution in [-0.4, -0.2) is 24.7 Å². The molecule has 2 aromatic heterocycles. The summed E-state index contributed by atoms with van der Waals surface area (Å²) in [6.07, 6.45) is 1.60. The monoisotopic (exact) mass is 266 g/mol. The molecular weight excluding hydrogens is 252 g/mol. The van der Waals surface area contributed by atoms with Crippen molar-refractivity contribution in [3.63, 3.8) is 0 Å². The van der Waals surface area contributed by atoms with Gasteiger partial charge in [0, 0.05) is 22.6 Å². The molecule has 0 fully saturated rings. The predicted molar refractivity (Wildman–Crippen MR) is 76.3 cm³/mol. The van der Waals surface area contributed by atoms with Crippen molar-refractivity contribution in [1.29, 1.82) is 0 Å². The van der Waals surface area contributed by atoms with E-state index in [-0.39, 0.29) is 0 Å². The number of anilines is 1. The minimum Gasteiger partial charge on any atom is -0.399 e. The van der Waals surface area contributed by atoms with E-state index in [1.54, 1.807) is 11.0 Å². The maximum atomic E-state index is 5.77. The van der Waals surface area contributed by atoms with Crippen LogP contribution in [-0.2, 0) is 0 Å². The number of hydrogen-bond donors (Lipinski definition) is 1. The van der Waals surface area contributed by atoms with Gasteiger partial charge in [0.1, 0.15) is 6.33 Å². The highest BCUT2D eigenvalue weighted by Gasteiger charge is 2.08. The van der Waals surface area contributed by atoms with Crippen molar-refractivity contribution in [1.82, 2.24) is 24.7 Å². The lowest BCUT2D eigenvalue weighted by Gasteiger charge is -2.01. The fourth-order valence-corrected chi connectivity index (χ4v) is 1.98. The molecule has 6 heteroatoms. The van der Waals surface area contributed by atoms with Crippen LogP contribution in [0.4, 0.5) is 5.69 Å². The number of nitrogens with zero attached hydrogens (tertiary/aromatic N) is 5. The Bertz CT molecular complexity index is 742. The Morgan fingerprint density at radius 3 is 2.50 bits per heavy atom. The van der Waals surface area contributed by atoms with Gasteiger partial charge >= 0.3 is 0 Å². The minimum atomic E-state index is 0.519. The summed E-state index contributed by atoms with van der Waals surface area (Å²) in [5, 5.41) is 4.40. The summed E-state index contributed by atoms with van der Waals surface area (Å²) in [6.45, 7) is 3.85. The third kappa shape index (κ3) is 2.35. The number of benzene rings is 1. The zero-order valence-electron chi connectivity index (χ0n) is 11.3. The van der Waals surface area contributed by atoms with Gasteiger partial charge in [-0.2, -0.15) is 4.68 Å². The van der Waals surface area contributed by atoms with E-state index in [0.29, 0.717) is 17.5 Å². The summed E-state index contributed by atoms with van der Waals surface area (Å²) in [5.41, 5.74) is 9.11. The van der Waals surface area contributed by atoms with E-state index in [1.807, 2.05) is 44.2 Å². The number of nitrogen functional groups attached to an aromatic ring is 1. The highest BCUT2D eigenvalue weighted by atomic mass is 15.4. The lowest BCUT2D eigenvalue weighted by atomic mass is 10.2. The van der Waals surface area contributed by atoms with Crippen molar-refractivity contribution in [2.75, 3.05) is 5.73 Å². The van der Waals surface area contributed by atoms with Crippen LogP contribution in [0.2, 0.25) is 0 Å². The van der Waals surface area contributed by atoms with Crippen LogP contribution in [0.15, 0.2) is 36.7 Å². The first-order valence-corrected chi connectivity index (χ1v) is 6.22. The number of nitrogens with two attached hydrogens (primary N) is 1. The normalized spacial score (nSPS) is 10.7. The summed E-state index contributed by atoms with van der Waals surface area (Å²) in [6, 6.07) is 9.37. The summed E-state index contributed by atoms with van der Waals surface area (Å²) in [7, 11) is 0. The van der Waals surface area contributed by atoms with Crippen LogP contribution >= 0.6 is 0 Å². The van der Waals surface area contributed by atoms with Gasteiger partial charge in [0.15, 0.2) is 5.82 Å². The number of rotatable bonds is 2. The van der Waals surface area contributed by atoms with Crippen molar-refractivity contribution < 1.29 is 0 Å². The average molecular weight is 266 g/mol. The summed E-state index contributed by atoms with van der Waals surface area (Å²) in [4.78, 5) is 13.0. The predicted octanol–water partition coefficient (Wildman–Crippen LogP) is 1.92. The second kappa shape index (κ2) is 4.73. The Balaban J connectivity index is 2.02. The Kier molecular flexibility index (Phi) is 2.90. The lowest BCUT2D eigenvalue weighted by Crippen LogP contribution is -2.04. The zero-order chi connectivity index (χ0) is 14.1. The van der Waals surface area contributed by atoms with Crippen LogP contribution < -0.4 is 5.73 Å². The highest BCUT2D eigenvalue weighted by molar-refractivity contribution is 5.60. The first-order chi connectivity index (χ1) is 9.61. The topological polar surface area (TPSA) is 82.5 Å². The van der Waals surface area contributed by atoms with Crippen LogP contribution in [0.5, 0.6) is 0 Å². The SMILES string of the molecule is Cc1cc(C)nc(-n2cnc(-c3cccc(N)c3)n2)n1. The van der Waals surface area contributed by atoms with Crippen LogP contribution in [0.3, 0.4) is 0 Å². The van der Waals surface area contributed by atoms with E-state index in [9.17, 15) is 0 Å². The van der Waals surface area contributed by atoms with Crippen LogP contribution in [0.1, 0.15) is 11.4 Å². The van der Waals surface area contributed by atoms with E-state index < -0.39 is 0 Å². The van der Waals surface area contributed by atoms with Gasteiger partial charge in [0.05, 0.1) is 0 Å². The smallest absolute Gasteiger partial charge is 0.252 e. The van der Waals surface area contributed by atoms with E-state index >= 15 is 0 Å². The van der Waals surface area contributed by atoms with Gasteiger partial charge in [0.25, 0.3) is 5.95 Å². The number of aryl methyl sites for hydroxylation is 2. The third-order valence-electron chi connectivity index (χ3n) is 2.81. The fourth-order valence-electron chi connectivity index (χ4n) is 1.98. The highest BCUT2D eigenvalue weighted by Crippen LogP contribution is 2.17. The molecule has 2 N–H and O–H groups in total. The van der Waals surface area contributed by atoms with Gasteiger partial charge in [-0.1, -0.05) is 12.1 Å². The van der Waals surface area contributed by atoms with E-state index in [4.69, 9.17) is 5.73 Å².